The lowest BCUT2D eigenvalue weighted by Crippen LogP contribution is -2.19. The van der Waals surface area contributed by atoms with Crippen LogP contribution in [-0.4, -0.2) is 32.6 Å². The molecular formula is C25H23N5O2S. The highest BCUT2D eigenvalue weighted by atomic mass is 32.2. The Balaban J connectivity index is 1.23. The number of carbonyl (C=O) groups excluding carboxylic acids is 1. The molecule has 0 bridgehead atoms. The van der Waals surface area contributed by atoms with Gasteiger partial charge in [-0.15, -0.1) is 10.2 Å². The van der Waals surface area contributed by atoms with Crippen molar-refractivity contribution in [2.75, 3.05) is 5.75 Å². The average molecular weight is 458 g/mol. The van der Waals surface area contributed by atoms with Gasteiger partial charge in [-0.2, -0.15) is 5.10 Å². The second-order valence-corrected chi connectivity index (χ2v) is 8.10. The van der Waals surface area contributed by atoms with E-state index in [0.717, 1.165) is 28.3 Å². The van der Waals surface area contributed by atoms with Crippen LogP contribution < -0.4 is 10.2 Å². The summed E-state index contributed by atoms with van der Waals surface area (Å²) < 4.78 is 7.65. The zero-order valence-electron chi connectivity index (χ0n) is 18.1. The molecule has 0 aliphatic rings. The number of rotatable bonds is 9. The molecule has 33 heavy (non-hydrogen) atoms. The second kappa shape index (κ2) is 11.1. The van der Waals surface area contributed by atoms with E-state index >= 15 is 0 Å². The Bertz CT molecular complexity index is 1210. The van der Waals surface area contributed by atoms with Crippen molar-refractivity contribution in [2.24, 2.45) is 12.1 Å². The molecule has 0 saturated heterocycles. The van der Waals surface area contributed by atoms with Crippen LogP contribution in [0.5, 0.6) is 5.75 Å². The number of carbonyl (C=O) groups is 1. The number of amides is 1. The number of benzene rings is 3. The average Bonchev–Trinajstić information content (AvgIpc) is 3.23. The number of hydrogen-bond donors (Lipinski definition) is 1. The van der Waals surface area contributed by atoms with Crippen LogP contribution in [0.2, 0.25) is 0 Å². The third-order valence-corrected chi connectivity index (χ3v) is 5.75. The summed E-state index contributed by atoms with van der Waals surface area (Å²) in [6.45, 7) is 0.514. The summed E-state index contributed by atoms with van der Waals surface area (Å²) in [5.41, 5.74) is 5.49. The fraction of sp³-hybridized carbons (Fsp3) is 0.120. The smallest absolute Gasteiger partial charge is 0.250 e. The maximum atomic E-state index is 12.1. The van der Waals surface area contributed by atoms with Gasteiger partial charge in [-0.25, -0.2) is 5.43 Å². The third-order valence-electron chi connectivity index (χ3n) is 4.73. The maximum absolute atomic E-state index is 12.1. The van der Waals surface area contributed by atoms with Crippen molar-refractivity contribution in [1.82, 2.24) is 20.2 Å². The molecule has 4 rings (SSSR count). The lowest BCUT2D eigenvalue weighted by Gasteiger charge is -2.06. The van der Waals surface area contributed by atoms with E-state index in [4.69, 9.17) is 4.74 Å². The van der Waals surface area contributed by atoms with Crippen molar-refractivity contribution in [3.05, 3.63) is 96.1 Å². The van der Waals surface area contributed by atoms with E-state index in [1.165, 1.54) is 11.8 Å². The summed E-state index contributed by atoms with van der Waals surface area (Å²) in [5.74, 6) is 1.50. The van der Waals surface area contributed by atoms with Crippen LogP contribution in [0.4, 0.5) is 0 Å². The lowest BCUT2D eigenvalue weighted by atomic mass is 10.2. The molecule has 0 atom stereocenters. The number of ether oxygens (including phenoxy) is 1. The molecule has 0 spiro atoms. The quantitative estimate of drug-likeness (QED) is 0.230. The minimum absolute atomic E-state index is 0.185. The van der Waals surface area contributed by atoms with E-state index in [1.54, 1.807) is 6.21 Å². The summed E-state index contributed by atoms with van der Waals surface area (Å²) in [4.78, 5) is 12.1. The van der Waals surface area contributed by atoms with Crippen molar-refractivity contribution >= 4 is 23.9 Å². The molecule has 1 N–H and O–H groups in total. The molecule has 1 amide bonds. The van der Waals surface area contributed by atoms with E-state index in [1.807, 2.05) is 96.5 Å². The largest absolute Gasteiger partial charge is 0.489 e. The van der Waals surface area contributed by atoms with Crippen LogP contribution in [-0.2, 0) is 18.4 Å². The molecule has 1 heterocycles. The van der Waals surface area contributed by atoms with Crippen LogP contribution in [0.25, 0.3) is 11.4 Å². The van der Waals surface area contributed by atoms with Gasteiger partial charge < -0.3 is 9.30 Å². The molecular weight excluding hydrogens is 434 g/mol. The van der Waals surface area contributed by atoms with Crippen molar-refractivity contribution in [3.8, 4) is 17.1 Å². The van der Waals surface area contributed by atoms with Crippen molar-refractivity contribution in [3.63, 3.8) is 0 Å². The number of thioether (sulfide) groups is 1. The maximum Gasteiger partial charge on any atom is 0.250 e. The summed E-state index contributed by atoms with van der Waals surface area (Å²) in [6.07, 6.45) is 1.60. The van der Waals surface area contributed by atoms with Crippen molar-refractivity contribution in [2.45, 2.75) is 11.8 Å². The highest BCUT2D eigenvalue weighted by Gasteiger charge is 2.12. The minimum Gasteiger partial charge on any atom is -0.489 e. The van der Waals surface area contributed by atoms with Gasteiger partial charge in [0.1, 0.15) is 12.4 Å². The van der Waals surface area contributed by atoms with Gasteiger partial charge in [-0.3, -0.25) is 4.79 Å². The first-order valence-electron chi connectivity index (χ1n) is 10.4. The van der Waals surface area contributed by atoms with Gasteiger partial charge in [0, 0.05) is 12.6 Å². The standard InChI is InChI=1S/C25H23N5O2S/c1-30-24(21-10-6-3-7-11-21)28-29-25(30)33-18-23(31)27-26-16-19-12-14-22(15-13-19)32-17-20-8-4-2-5-9-20/h2-16H,17-18H2,1H3,(H,27,31). The lowest BCUT2D eigenvalue weighted by molar-refractivity contribution is -0.118. The highest BCUT2D eigenvalue weighted by Crippen LogP contribution is 2.22. The molecule has 3 aromatic carbocycles. The van der Waals surface area contributed by atoms with Gasteiger partial charge in [0.2, 0.25) is 0 Å². The number of aromatic nitrogens is 3. The van der Waals surface area contributed by atoms with Crippen LogP contribution in [0.15, 0.2) is 95.2 Å². The fourth-order valence-electron chi connectivity index (χ4n) is 3.01. The van der Waals surface area contributed by atoms with Crippen LogP contribution in [0.1, 0.15) is 11.1 Å². The highest BCUT2D eigenvalue weighted by molar-refractivity contribution is 7.99. The molecule has 166 valence electrons. The topological polar surface area (TPSA) is 81.4 Å². The fourth-order valence-corrected chi connectivity index (χ4v) is 3.71. The van der Waals surface area contributed by atoms with Gasteiger partial charge in [0.25, 0.3) is 5.91 Å². The molecule has 0 aliphatic heterocycles. The number of nitrogens with zero attached hydrogens (tertiary/aromatic N) is 4. The first-order valence-corrected chi connectivity index (χ1v) is 11.3. The minimum atomic E-state index is -0.219. The molecule has 0 aliphatic carbocycles. The summed E-state index contributed by atoms with van der Waals surface area (Å²) >= 11 is 1.31. The summed E-state index contributed by atoms with van der Waals surface area (Å²) in [6, 6.07) is 27.3. The predicted molar refractivity (Wildman–Crippen MR) is 130 cm³/mol. The molecule has 0 radical (unpaired) electrons. The zero-order chi connectivity index (χ0) is 22.9. The van der Waals surface area contributed by atoms with Crippen molar-refractivity contribution < 1.29 is 9.53 Å². The van der Waals surface area contributed by atoms with E-state index in [-0.39, 0.29) is 11.7 Å². The molecule has 4 aromatic rings. The molecule has 8 heteroatoms. The number of nitrogens with one attached hydrogen (secondary N) is 1. The monoisotopic (exact) mass is 457 g/mol. The van der Waals surface area contributed by atoms with Crippen LogP contribution in [0.3, 0.4) is 0 Å². The van der Waals surface area contributed by atoms with E-state index in [0.29, 0.717) is 11.8 Å². The van der Waals surface area contributed by atoms with Gasteiger partial charge in [-0.05, 0) is 35.4 Å². The molecule has 0 unspecified atom stereocenters. The first kappa shape index (κ1) is 22.3. The second-order valence-electron chi connectivity index (χ2n) is 7.16. The summed E-state index contributed by atoms with van der Waals surface area (Å²) in [5, 5.41) is 13.1. The molecule has 7 nitrogen and oxygen atoms in total. The van der Waals surface area contributed by atoms with E-state index in [2.05, 4.69) is 20.7 Å². The van der Waals surface area contributed by atoms with Gasteiger partial charge in [-0.1, -0.05) is 72.4 Å². The summed E-state index contributed by atoms with van der Waals surface area (Å²) in [7, 11) is 1.88. The van der Waals surface area contributed by atoms with Crippen LogP contribution >= 0.6 is 11.8 Å². The van der Waals surface area contributed by atoms with Gasteiger partial charge >= 0.3 is 0 Å². The Morgan fingerprint density at radius 3 is 2.42 bits per heavy atom. The normalized spacial score (nSPS) is 10.9. The SMILES string of the molecule is Cn1c(SCC(=O)NN=Cc2ccc(OCc3ccccc3)cc2)nnc1-c1ccccc1. The van der Waals surface area contributed by atoms with Crippen molar-refractivity contribution in [1.29, 1.82) is 0 Å². The van der Waals surface area contributed by atoms with E-state index < -0.39 is 0 Å². The predicted octanol–water partition coefficient (Wildman–Crippen LogP) is 4.30. The first-order chi connectivity index (χ1) is 16.2. The Morgan fingerprint density at radius 1 is 1.00 bits per heavy atom. The number of hydrazone groups is 1. The molecule has 0 saturated carbocycles. The zero-order valence-corrected chi connectivity index (χ0v) is 18.9. The molecule has 0 fully saturated rings. The molecule has 1 aromatic heterocycles. The Hall–Kier alpha value is -3.91. The van der Waals surface area contributed by atoms with Crippen LogP contribution in [0, 0.1) is 0 Å². The number of hydrogen-bond acceptors (Lipinski definition) is 6. The third kappa shape index (κ3) is 6.30. The van der Waals surface area contributed by atoms with Gasteiger partial charge in [0.05, 0.1) is 12.0 Å². The van der Waals surface area contributed by atoms with Gasteiger partial charge in [0.15, 0.2) is 11.0 Å². The Morgan fingerprint density at radius 2 is 1.70 bits per heavy atom. The Labute approximate surface area is 196 Å². The Kier molecular flexibility index (Phi) is 7.50. The van der Waals surface area contributed by atoms with E-state index in [9.17, 15) is 4.79 Å².